The predicted molar refractivity (Wildman–Crippen MR) is 187 cm³/mol. The van der Waals surface area contributed by atoms with Crippen LogP contribution in [0.15, 0.2) is 109 Å². The van der Waals surface area contributed by atoms with Gasteiger partial charge in [-0.1, -0.05) is 84.9 Å². The lowest BCUT2D eigenvalue weighted by Gasteiger charge is -2.19. The molecule has 0 radical (unpaired) electrons. The Bertz CT molecular complexity index is 1960. The molecule has 3 amide bonds. The molecule has 18 heteroatoms. The van der Waals surface area contributed by atoms with Crippen molar-refractivity contribution in [1.29, 1.82) is 0 Å². The van der Waals surface area contributed by atoms with Crippen molar-refractivity contribution in [2.24, 2.45) is 0 Å². The van der Waals surface area contributed by atoms with Gasteiger partial charge in [0, 0.05) is 47.3 Å². The Labute approximate surface area is 314 Å². The zero-order valence-corrected chi connectivity index (χ0v) is 29.1. The van der Waals surface area contributed by atoms with Crippen LogP contribution in [0.3, 0.4) is 0 Å². The molecule has 0 bridgehead atoms. The topological polar surface area (TPSA) is 196 Å². The van der Waals surface area contributed by atoms with E-state index in [1.165, 1.54) is 13.0 Å². The quantitative estimate of drug-likeness (QED) is 0.0722. The summed E-state index contributed by atoms with van der Waals surface area (Å²) in [6.07, 6.45) is -9.91. The first kappa shape index (κ1) is 45.3. The third kappa shape index (κ3) is 15.6. The SMILES string of the molecule is CC(=O)c1cccc(C(=O)NCCNC(=O)[C@H](Cc2ccccc2)NC(=O)c2ccc(C(=O)c3ccccc3)cc2)c1.O=C(O)C(F)(F)F.O=C(O)C(F)(F)F. The molecule has 4 aromatic carbocycles. The van der Waals surface area contributed by atoms with Crippen LogP contribution in [0.2, 0.25) is 0 Å². The Morgan fingerprint density at radius 3 is 1.48 bits per heavy atom. The highest BCUT2D eigenvalue weighted by molar-refractivity contribution is 6.09. The van der Waals surface area contributed by atoms with Crippen molar-refractivity contribution in [1.82, 2.24) is 16.0 Å². The fraction of sp³-hybridized carbons (Fsp3) is 0.184. The van der Waals surface area contributed by atoms with E-state index in [9.17, 15) is 50.3 Å². The third-order valence-corrected chi connectivity index (χ3v) is 7.08. The minimum Gasteiger partial charge on any atom is -0.475 e. The smallest absolute Gasteiger partial charge is 0.475 e. The van der Waals surface area contributed by atoms with Crippen molar-refractivity contribution in [2.45, 2.75) is 31.7 Å². The molecule has 12 nitrogen and oxygen atoms in total. The second-order valence-corrected chi connectivity index (χ2v) is 11.3. The third-order valence-electron chi connectivity index (χ3n) is 7.08. The molecule has 0 fully saturated rings. The number of aliphatic carboxylic acids is 2. The van der Waals surface area contributed by atoms with E-state index in [1.54, 1.807) is 66.7 Å². The number of benzene rings is 4. The zero-order chi connectivity index (χ0) is 42.1. The molecule has 1 atom stereocenters. The molecule has 0 spiro atoms. The Kier molecular flexibility index (Phi) is 17.1. The van der Waals surface area contributed by atoms with Crippen LogP contribution in [0.5, 0.6) is 0 Å². The summed E-state index contributed by atoms with van der Waals surface area (Å²) in [5.74, 6) is -7.03. The van der Waals surface area contributed by atoms with E-state index in [0.717, 1.165) is 5.56 Å². The molecular weight excluding hydrogens is 756 g/mol. The molecule has 0 saturated heterocycles. The number of alkyl halides is 6. The van der Waals surface area contributed by atoms with Gasteiger partial charge in [0.15, 0.2) is 11.6 Å². The maximum absolute atomic E-state index is 13.1. The van der Waals surface area contributed by atoms with Crippen LogP contribution in [0, 0.1) is 0 Å². The minimum atomic E-state index is -5.08. The lowest BCUT2D eigenvalue weighted by atomic mass is 10.0. The van der Waals surface area contributed by atoms with Gasteiger partial charge < -0.3 is 26.2 Å². The number of Topliss-reactive ketones (excluding diaryl/α,β-unsaturated/α-hetero) is 1. The van der Waals surface area contributed by atoms with E-state index in [2.05, 4.69) is 16.0 Å². The van der Waals surface area contributed by atoms with Gasteiger partial charge in [-0.2, -0.15) is 26.3 Å². The number of hydrogen-bond donors (Lipinski definition) is 5. The van der Waals surface area contributed by atoms with Crippen molar-refractivity contribution in [3.8, 4) is 0 Å². The molecule has 296 valence electrons. The van der Waals surface area contributed by atoms with Gasteiger partial charge in [0.25, 0.3) is 11.8 Å². The number of amides is 3. The summed E-state index contributed by atoms with van der Waals surface area (Å²) in [7, 11) is 0. The van der Waals surface area contributed by atoms with Gasteiger partial charge in [0.2, 0.25) is 5.91 Å². The van der Waals surface area contributed by atoms with Crippen molar-refractivity contribution in [3.05, 3.63) is 143 Å². The highest BCUT2D eigenvalue weighted by Crippen LogP contribution is 2.15. The summed E-state index contributed by atoms with van der Waals surface area (Å²) in [5.41, 5.74) is 2.96. The van der Waals surface area contributed by atoms with E-state index in [1.807, 2.05) is 36.4 Å². The summed E-state index contributed by atoms with van der Waals surface area (Å²) < 4.78 is 63.5. The zero-order valence-electron chi connectivity index (χ0n) is 29.1. The summed E-state index contributed by atoms with van der Waals surface area (Å²) in [6.45, 7) is 1.71. The molecule has 0 unspecified atom stereocenters. The van der Waals surface area contributed by atoms with Crippen molar-refractivity contribution in [3.63, 3.8) is 0 Å². The van der Waals surface area contributed by atoms with Gasteiger partial charge in [-0.15, -0.1) is 0 Å². The molecule has 0 aliphatic carbocycles. The van der Waals surface area contributed by atoms with Crippen LogP contribution >= 0.6 is 0 Å². The van der Waals surface area contributed by atoms with Gasteiger partial charge in [0.05, 0.1) is 0 Å². The van der Waals surface area contributed by atoms with E-state index >= 15 is 0 Å². The average molecular weight is 790 g/mol. The van der Waals surface area contributed by atoms with E-state index < -0.39 is 42.1 Å². The van der Waals surface area contributed by atoms with Crippen molar-refractivity contribution < 1.29 is 70.1 Å². The highest BCUT2D eigenvalue weighted by atomic mass is 19.4. The number of carbonyl (C=O) groups excluding carboxylic acids is 5. The number of hydrogen-bond acceptors (Lipinski definition) is 7. The van der Waals surface area contributed by atoms with Crippen LogP contribution in [-0.2, 0) is 20.8 Å². The number of carboxylic acid groups (broad SMARTS) is 2. The first-order chi connectivity index (χ1) is 26.2. The van der Waals surface area contributed by atoms with Crippen LogP contribution in [0.25, 0.3) is 0 Å². The van der Waals surface area contributed by atoms with Crippen LogP contribution in [0.4, 0.5) is 26.3 Å². The van der Waals surface area contributed by atoms with Gasteiger partial charge in [-0.25, -0.2) is 9.59 Å². The maximum Gasteiger partial charge on any atom is 0.490 e. The largest absolute Gasteiger partial charge is 0.490 e. The molecule has 5 N–H and O–H groups in total. The molecule has 0 aromatic heterocycles. The summed E-state index contributed by atoms with van der Waals surface area (Å²) >= 11 is 0. The van der Waals surface area contributed by atoms with Gasteiger partial charge >= 0.3 is 24.3 Å². The lowest BCUT2D eigenvalue weighted by Crippen LogP contribution is -2.49. The number of halogens is 6. The Morgan fingerprint density at radius 1 is 0.554 bits per heavy atom. The molecular formula is C38H33F6N3O9. The maximum atomic E-state index is 13.1. The van der Waals surface area contributed by atoms with E-state index in [0.29, 0.717) is 27.8 Å². The number of ketones is 2. The normalized spacial score (nSPS) is 11.2. The fourth-order valence-corrected chi connectivity index (χ4v) is 4.30. The first-order valence-corrected chi connectivity index (χ1v) is 16.0. The second kappa shape index (κ2) is 21.1. The number of carbonyl (C=O) groups is 7. The highest BCUT2D eigenvalue weighted by Gasteiger charge is 2.39. The monoisotopic (exact) mass is 789 g/mol. The number of rotatable bonds is 12. The lowest BCUT2D eigenvalue weighted by molar-refractivity contribution is -0.193. The molecule has 0 saturated carbocycles. The molecule has 0 aliphatic heterocycles. The standard InChI is InChI=1S/C34H31N3O5.2C2HF3O2/c1-23(38)28-13-8-14-29(22-28)32(40)35-19-20-36-34(42)30(21-24-9-4-2-5-10-24)37-33(41)27-17-15-26(16-18-27)31(39)25-11-6-3-7-12-25;2*3-2(4,5)1(6)7/h2-18,22,30H,19-21H2,1H3,(H,35,40)(H,36,42)(H,37,41);2*(H,6,7)/t30-;;/m0../s1. The minimum absolute atomic E-state index is 0.133. The fourth-order valence-electron chi connectivity index (χ4n) is 4.30. The van der Waals surface area contributed by atoms with Crippen LogP contribution in [0.1, 0.15) is 59.5 Å². The van der Waals surface area contributed by atoms with Crippen LogP contribution < -0.4 is 16.0 Å². The van der Waals surface area contributed by atoms with Gasteiger partial charge in [-0.05, 0) is 36.8 Å². The summed E-state index contributed by atoms with van der Waals surface area (Å²) in [4.78, 5) is 80.8. The molecule has 0 heterocycles. The first-order valence-electron chi connectivity index (χ1n) is 16.0. The predicted octanol–water partition coefficient (Wildman–Crippen LogP) is 5.27. The Hall–Kier alpha value is -6.85. The summed E-state index contributed by atoms with van der Waals surface area (Å²) in [6, 6.07) is 30.0. The number of carboxylic acids is 2. The average Bonchev–Trinajstić information content (AvgIpc) is 3.16. The molecule has 4 aromatic rings. The summed E-state index contributed by atoms with van der Waals surface area (Å²) in [5, 5.41) is 22.5. The molecule has 0 aliphatic rings. The second-order valence-electron chi connectivity index (χ2n) is 11.3. The Balaban J connectivity index is 0.000000657. The van der Waals surface area contributed by atoms with Gasteiger partial charge in [0.1, 0.15) is 6.04 Å². The molecule has 56 heavy (non-hydrogen) atoms. The van der Waals surface area contributed by atoms with E-state index in [4.69, 9.17) is 19.8 Å². The van der Waals surface area contributed by atoms with Crippen molar-refractivity contribution in [2.75, 3.05) is 13.1 Å². The number of nitrogens with one attached hydrogen (secondary N) is 3. The van der Waals surface area contributed by atoms with Crippen molar-refractivity contribution >= 4 is 41.2 Å². The van der Waals surface area contributed by atoms with Crippen LogP contribution in [-0.4, -0.2) is 82.9 Å². The molecule has 4 rings (SSSR count). The Morgan fingerprint density at radius 2 is 0.982 bits per heavy atom. The van der Waals surface area contributed by atoms with E-state index in [-0.39, 0.29) is 37.0 Å². The van der Waals surface area contributed by atoms with Gasteiger partial charge in [-0.3, -0.25) is 24.0 Å².